The number of ketones is 1. The molecule has 4 N–H and O–H groups in total. The zero-order chi connectivity index (χ0) is 28.5. The van der Waals surface area contributed by atoms with E-state index in [0.29, 0.717) is 6.42 Å². The molecule has 0 bridgehead atoms. The summed E-state index contributed by atoms with van der Waals surface area (Å²) < 4.78 is 49.9. The normalized spacial score (nSPS) is 12.3. The number of nitrogens with zero attached hydrogens (tertiary/aromatic N) is 3. The van der Waals surface area contributed by atoms with Gasteiger partial charge in [-0.05, 0) is 52.2 Å². The molecule has 0 spiro atoms. The maximum atomic E-state index is 13.2. The van der Waals surface area contributed by atoms with Crippen LogP contribution in [0.4, 0.5) is 29.7 Å². The minimum Gasteiger partial charge on any atom is -0.477 e. The van der Waals surface area contributed by atoms with Gasteiger partial charge in [0.05, 0.1) is 18.2 Å². The van der Waals surface area contributed by atoms with Gasteiger partial charge in [-0.1, -0.05) is 18.2 Å². The van der Waals surface area contributed by atoms with Gasteiger partial charge in [-0.2, -0.15) is 28.4 Å². The van der Waals surface area contributed by atoms with Crippen molar-refractivity contribution in [2.24, 2.45) is 0 Å². The van der Waals surface area contributed by atoms with Crippen molar-refractivity contribution >= 4 is 23.6 Å². The van der Waals surface area contributed by atoms with Gasteiger partial charge in [0.15, 0.2) is 17.2 Å². The lowest BCUT2D eigenvalue weighted by molar-refractivity contribution is -0.137. The van der Waals surface area contributed by atoms with E-state index < -0.39 is 35.3 Å². The fraction of sp³-hybridized carbons (Fsp3) is 0.480. The number of amides is 1. The van der Waals surface area contributed by atoms with Crippen LogP contribution in [-0.4, -0.2) is 46.6 Å². The zero-order valence-corrected chi connectivity index (χ0v) is 21.6. The number of carbonyl (C=O) groups is 2. The number of hydrogen-bond acceptors (Lipinski definition) is 9. The van der Waals surface area contributed by atoms with E-state index in [1.165, 1.54) is 12.1 Å². The van der Waals surface area contributed by atoms with Gasteiger partial charge in [0, 0.05) is 13.0 Å². The Morgan fingerprint density at radius 3 is 2.53 bits per heavy atom. The quantitative estimate of drug-likeness (QED) is 0.358. The second-order valence-electron chi connectivity index (χ2n) is 9.26. The van der Waals surface area contributed by atoms with Crippen molar-refractivity contribution in [2.45, 2.75) is 64.8 Å². The lowest BCUT2D eigenvalue weighted by Gasteiger charge is -2.21. The Kier molecular flexibility index (Phi) is 10.3. The number of rotatable bonds is 11. The minimum absolute atomic E-state index is 0.0501. The molecule has 1 aromatic carbocycles. The van der Waals surface area contributed by atoms with Gasteiger partial charge in [-0.3, -0.25) is 4.79 Å². The van der Waals surface area contributed by atoms with Crippen LogP contribution in [0.25, 0.3) is 0 Å². The van der Waals surface area contributed by atoms with Crippen molar-refractivity contribution < 1.29 is 32.2 Å². The van der Waals surface area contributed by atoms with Crippen LogP contribution in [0.15, 0.2) is 24.3 Å². The first-order valence-corrected chi connectivity index (χ1v) is 11.9. The van der Waals surface area contributed by atoms with Crippen LogP contribution >= 0.6 is 0 Å². The summed E-state index contributed by atoms with van der Waals surface area (Å²) in [7, 11) is 0. The molecule has 0 fully saturated rings. The molecule has 0 saturated carbocycles. The lowest BCUT2D eigenvalue weighted by Crippen LogP contribution is -2.35. The van der Waals surface area contributed by atoms with E-state index in [4.69, 9.17) is 15.2 Å². The molecule has 0 saturated heterocycles. The van der Waals surface area contributed by atoms with E-state index in [2.05, 4.69) is 20.6 Å². The molecule has 0 aliphatic heterocycles. The summed E-state index contributed by atoms with van der Waals surface area (Å²) in [4.78, 5) is 33.1. The summed E-state index contributed by atoms with van der Waals surface area (Å²) in [5.74, 6) is -0.780. The first-order valence-electron chi connectivity index (χ1n) is 11.9. The maximum absolute atomic E-state index is 13.2. The highest BCUT2D eigenvalue weighted by atomic mass is 19.4. The molecule has 0 unspecified atom stereocenters. The van der Waals surface area contributed by atoms with Crippen molar-refractivity contribution in [3.63, 3.8) is 0 Å². The first-order chi connectivity index (χ1) is 17.7. The molecule has 206 valence electrons. The molecule has 13 heteroatoms. The highest BCUT2D eigenvalue weighted by molar-refractivity contribution is 5.88. The predicted molar refractivity (Wildman–Crippen MR) is 133 cm³/mol. The summed E-state index contributed by atoms with van der Waals surface area (Å²) >= 11 is 0. The van der Waals surface area contributed by atoms with E-state index >= 15 is 0 Å². The SMILES string of the molecule is CCOc1nc(N)nc(N[C@@H](CCCNC(=O)OC(C)(C)C)C(=O)Cc2cccc(C(F)(F)F)c2)c1C#N. The molecule has 2 aromatic rings. The molecule has 0 radical (unpaired) electrons. The number of anilines is 2. The zero-order valence-electron chi connectivity index (χ0n) is 21.6. The molecule has 1 atom stereocenters. The maximum Gasteiger partial charge on any atom is 0.416 e. The average molecular weight is 537 g/mol. The monoisotopic (exact) mass is 536 g/mol. The van der Waals surface area contributed by atoms with Crippen molar-refractivity contribution in [3.8, 4) is 11.9 Å². The number of aromatic nitrogens is 2. The number of nitriles is 1. The topological polar surface area (TPSA) is 152 Å². The Balaban J connectivity index is 2.26. The van der Waals surface area contributed by atoms with E-state index in [1.807, 2.05) is 6.07 Å². The molecule has 10 nitrogen and oxygen atoms in total. The number of ether oxygens (including phenoxy) is 2. The summed E-state index contributed by atoms with van der Waals surface area (Å²) in [5, 5.41) is 15.1. The Bertz CT molecular complexity index is 1180. The fourth-order valence-corrected chi connectivity index (χ4v) is 3.37. The highest BCUT2D eigenvalue weighted by Gasteiger charge is 2.31. The smallest absolute Gasteiger partial charge is 0.416 e. The molecule has 1 aromatic heterocycles. The Morgan fingerprint density at radius 1 is 1.21 bits per heavy atom. The fourth-order valence-electron chi connectivity index (χ4n) is 3.37. The number of nitrogen functional groups attached to an aromatic ring is 1. The van der Waals surface area contributed by atoms with Crippen LogP contribution in [0.2, 0.25) is 0 Å². The van der Waals surface area contributed by atoms with Gasteiger partial charge in [0.2, 0.25) is 11.8 Å². The lowest BCUT2D eigenvalue weighted by atomic mass is 9.98. The third-order valence-electron chi connectivity index (χ3n) is 4.96. The highest BCUT2D eigenvalue weighted by Crippen LogP contribution is 2.30. The van der Waals surface area contributed by atoms with Gasteiger partial charge in [0.25, 0.3) is 0 Å². The van der Waals surface area contributed by atoms with Crippen LogP contribution in [0.3, 0.4) is 0 Å². The first kappa shape index (κ1) is 30.1. The largest absolute Gasteiger partial charge is 0.477 e. The van der Waals surface area contributed by atoms with Gasteiger partial charge in [0.1, 0.15) is 11.7 Å². The molecule has 2 rings (SSSR count). The Labute approximate surface area is 218 Å². The van der Waals surface area contributed by atoms with Gasteiger partial charge < -0.3 is 25.8 Å². The molecule has 38 heavy (non-hydrogen) atoms. The van der Waals surface area contributed by atoms with Crippen LogP contribution in [0.1, 0.15) is 57.2 Å². The van der Waals surface area contributed by atoms with Crippen molar-refractivity contribution in [1.82, 2.24) is 15.3 Å². The van der Waals surface area contributed by atoms with Crippen molar-refractivity contribution in [1.29, 1.82) is 5.26 Å². The number of Topliss-reactive ketones (excluding diaryl/α,β-unsaturated/α-hetero) is 1. The summed E-state index contributed by atoms with van der Waals surface area (Å²) in [6.45, 7) is 7.19. The van der Waals surface area contributed by atoms with E-state index in [0.717, 1.165) is 12.1 Å². The number of carbonyl (C=O) groups excluding carboxylic acids is 2. The molecular weight excluding hydrogens is 505 g/mol. The number of hydrogen-bond donors (Lipinski definition) is 3. The molecule has 0 aliphatic rings. The standard InChI is InChI=1S/C25H31F3N6O4/c1-5-37-21-17(14-29)20(33-22(30)34-21)32-18(10-7-11-31-23(36)38-24(2,3)4)19(35)13-15-8-6-9-16(12-15)25(26,27)28/h6,8-9,12,18H,5,7,10-11,13H2,1-4H3,(H,31,36)(H3,30,32,33,34)/t18-/m0/s1. The number of benzene rings is 1. The molecule has 1 amide bonds. The summed E-state index contributed by atoms with van der Waals surface area (Å²) in [6.07, 6.45) is -5.06. The molecule has 0 aliphatic carbocycles. The average Bonchev–Trinajstić information content (AvgIpc) is 2.79. The van der Waals surface area contributed by atoms with Crippen molar-refractivity contribution in [3.05, 3.63) is 41.0 Å². The second-order valence-corrected chi connectivity index (χ2v) is 9.26. The van der Waals surface area contributed by atoms with Crippen molar-refractivity contribution in [2.75, 3.05) is 24.2 Å². The number of alkyl halides is 3. The van der Waals surface area contributed by atoms with Crippen LogP contribution in [-0.2, 0) is 22.1 Å². The Morgan fingerprint density at radius 2 is 1.92 bits per heavy atom. The van der Waals surface area contributed by atoms with E-state index in [1.54, 1.807) is 27.7 Å². The van der Waals surface area contributed by atoms with Gasteiger partial charge in [-0.15, -0.1) is 0 Å². The van der Waals surface area contributed by atoms with Crippen LogP contribution in [0.5, 0.6) is 5.88 Å². The Hall–Kier alpha value is -4.08. The predicted octanol–water partition coefficient (Wildman–Crippen LogP) is 4.25. The van der Waals surface area contributed by atoms with Gasteiger partial charge in [-0.25, -0.2) is 4.79 Å². The minimum atomic E-state index is -4.56. The third-order valence-corrected chi connectivity index (χ3v) is 4.96. The van der Waals surface area contributed by atoms with Crippen LogP contribution in [0, 0.1) is 11.3 Å². The molecular formula is C25H31F3N6O4. The van der Waals surface area contributed by atoms with Crippen LogP contribution < -0.4 is 21.1 Å². The second kappa shape index (κ2) is 12.9. The number of halogens is 3. The molecule has 1 heterocycles. The number of alkyl carbamates (subject to hydrolysis) is 1. The van der Waals surface area contributed by atoms with E-state index in [9.17, 15) is 28.0 Å². The van der Waals surface area contributed by atoms with Gasteiger partial charge >= 0.3 is 12.3 Å². The number of nitrogens with one attached hydrogen (secondary N) is 2. The van der Waals surface area contributed by atoms with E-state index in [-0.39, 0.29) is 54.8 Å². The summed E-state index contributed by atoms with van der Waals surface area (Å²) in [5.41, 5.74) is 4.28. The third kappa shape index (κ3) is 9.42. The number of nitrogens with two attached hydrogens (primary N) is 1. The summed E-state index contributed by atoms with van der Waals surface area (Å²) in [6, 6.07) is 5.42.